The highest BCUT2D eigenvalue weighted by Gasteiger charge is 2.51. The van der Waals surface area contributed by atoms with Crippen LogP contribution in [0.3, 0.4) is 0 Å². The first-order valence-corrected chi connectivity index (χ1v) is 19.6. The average Bonchev–Trinajstić information content (AvgIpc) is 4.11. The summed E-state index contributed by atoms with van der Waals surface area (Å²) in [4.78, 5) is 40.7. The Labute approximate surface area is 353 Å². The van der Waals surface area contributed by atoms with Gasteiger partial charge in [-0.1, -0.05) is 79.2 Å². The first-order chi connectivity index (χ1) is 27.3. The molecule has 0 aliphatic heterocycles. The normalized spacial score (nSPS) is 14.2. The summed E-state index contributed by atoms with van der Waals surface area (Å²) in [5, 5.41) is 9.41. The van der Waals surface area contributed by atoms with Crippen LogP contribution >= 0.6 is 34.8 Å². The molecule has 0 radical (unpaired) electrons. The van der Waals surface area contributed by atoms with E-state index in [9.17, 15) is 9.59 Å². The van der Waals surface area contributed by atoms with Crippen molar-refractivity contribution >= 4 is 52.4 Å². The van der Waals surface area contributed by atoms with Crippen molar-refractivity contribution in [2.24, 2.45) is 25.6 Å². The number of hydrogen-bond donors (Lipinski definition) is 3. The van der Waals surface area contributed by atoms with Crippen LogP contribution in [0.4, 0.5) is 5.82 Å². The van der Waals surface area contributed by atoms with E-state index in [4.69, 9.17) is 52.0 Å². The molecule has 8 rings (SSSR count). The number of aryl methyl sites for hydroxylation is 6. The third kappa shape index (κ3) is 10.6. The van der Waals surface area contributed by atoms with Crippen molar-refractivity contribution in [3.05, 3.63) is 146 Å². The van der Waals surface area contributed by atoms with Crippen LogP contribution in [0.15, 0.2) is 85.5 Å². The number of carbonyl (C=O) groups excluding carboxylic acids is 2. The van der Waals surface area contributed by atoms with Crippen LogP contribution in [0.25, 0.3) is 0 Å². The molecule has 0 unspecified atom stereocenters. The summed E-state index contributed by atoms with van der Waals surface area (Å²) in [7, 11) is 3.71. The Morgan fingerprint density at radius 2 is 1.16 bits per heavy atom. The molecule has 0 saturated heterocycles. The van der Waals surface area contributed by atoms with Crippen molar-refractivity contribution in [1.82, 2.24) is 39.5 Å². The lowest BCUT2D eigenvalue weighted by Crippen LogP contribution is -2.29. The van der Waals surface area contributed by atoms with Gasteiger partial charge in [-0.3, -0.25) is 19.0 Å². The summed E-state index contributed by atoms with van der Waals surface area (Å²) in [6, 6.07) is 19.6. The predicted molar refractivity (Wildman–Crippen MR) is 227 cm³/mol. The van der Waals surface area contributed by atoms with Gasteiger partial charge in [-0.2, -0.15) is 10.2 Å². The van der Waals surface area contributed by atoms with Crippen LogP contribution in [-0.4, -0.2) is 51.3 Å². The minimum Gasteiger partial charge on any atom is -0.382 e. The first kappa shape index (κ1) is 43.7. The number of hydrogen-bond acceptors (Lipinski definition) is 9. The first-order valence-electron chi connectivity index (χ1n) is 18.5. The Hall–Kier alpha value is -5.37. The van der Waals surface area contributed by atoms with Crippen LogP contribution < -0.4 is 17.2 Å². The summed E-state index contributed by atoms with van der Waals surface area (Å²) in [5.74, 6) is 0.783. The van der Waals surface area contributed by atoms with Crippen molar-refractivity contribution in [2.45, 2.75) is 76.0 Å². The standard InChI is InChI=1S/C21H22ClN5O.C16H15Cl2N3O.C4H7N3.CH4/c1-27-11-8-15(26-27)12-19-24-13-17(22)18(25-19)7-6-14-4-2-3-5-16(14)21(9-10-21)20(23)28;17-12-9-20-15(18)21-13(12)6-5-10-3-1-2-4-11(10)16(7-8-16)14(19)22;1-7-3-2-4(5)6-7;/h2-5,8,11,13H,6-7,9-10,12H2,1H3,(H2,23,28);1-4,9H,5-8H2,(H2,19,22);2-3H,1H3,(H2,5,6);1H4. The molecule has 2 amide bonds. The molecule has 2 fully saturated rings. The number of nitrogen functional groups attached to an aromatic ring is 1. The number of carbonyl (C=O) groups is 2. The molecule has 0 atom stereocenters. The minimum atomic E-state index is -0.490. The van der Waals surface area contributed by atoms with E-state index in [1.165, 1.54) is 6.20 Å². The summed E-state index contributed by atoms with van der Waals surface area (Å²) in [5.41, 5.74) is 22.3. The maximum atomic E-state index is 12.0. The maximum Gasteiger partial charge on any atom is 0.228 e. The fourth-order valence-electron chi connectivity index (χ4n) is 6.87. The topological polar surface area (TPSA) is 199 Å². The van der Waals surface area contributed by atoms with Gasteiger partial charge in [0.1, 0.15) is 11.6 Å². The van der Waals surface area contributed by atoms with Crippen molar-refractivity contribution in [3.8, 4) is 0 Å². The molecule has 2 aliphatic carbocycles. The quantitative estimate of drug-likeness (QED) is 0.115. The van der Waals surface area contributed by atoms with Gasteiger partial charge >= 0.3 is 0 Å². The summed E-state index contributed by atoms with van der Waals surface area (Å²) in [6.07, 6.45) is 13.5. The molecular formula is C42H48Cl3N11O2. The second-order valence-corrected chi connectivity index (χ2v) is 15.4. The summed E-state index contributed by atoms with van der Waals surface area (Å²) in [6.45, 7) is 0. The molecular weight excluding hydrogens is 797 g/mol. The minimum absolute atomic E-state index is 0. The lowest BCUT2D eigenvalue weighted by Gasteiger charge is -2.16. The van der Waals surface area contributed by atoms with E-state index in [1.54, 1.807) is 27.8 Å². The number of primary amides is 2. The second-order valence-electron chi connectivity index (χ2n) is 14.3. The van der Waals surface area contributed by atoms with Crippen molar-refractivity contribution < 1.29 is 9.59 Å². The smallest absolute Gasteiger partial charge is 0.228 e. The van der Waals surface area contributed by atoms with E-state index in [0.717, 1.165) is 72.2 Å². The number of aromatic nitrogens is 8. The number of rotatable bonds is 12. The Balaban J connectivity index is 0.000000190. The van der Waals surface area contributed by atoms with E-state index in [-0.39, 0.29) is 24.5 Å². The molecule has 0 spiro atoms. The molecule has 2 saturated carbocycles. The average molecular weight is 845 g/mol. The molecule has 13 nitrogen and oxygen atoms in total. The van der Waals surface area contributed by atoms with Crippen molar-refractivity contribution in [2.75, 3.05) is 5.73 Å². The number of nitrogens with two attached hydrogens (primary N) is 3. The van der Waals surface area contributed by atoms with Gasteiger partial charge in [-0.25, -0.2) is 19.9 Å². The molecule has 4 aromatic heterocycles. The number of anilines is 1. The van der Waals surface area contributed by atoms with E-state index < -0.39 is 10.8 Å². The summed E-state index contributed by atoms with van der Waals surface area (Å²) >= 11 is 18.3. The lowest BCUT2D eigenvalue weighted by atomic mass is 9.88. The number of halogens is 3. The van der Waals surface area contributed by atoms with E-state index >= 15 is 0 Å². The Kier molecular flexibility index (Phi) is 14.3. The largest absolute Gasteiger partial charge is 0.382 e. The van der Waals surface area contributed by atoms with Crippen LogP contribution in [0.5, 0.6) is 0 Å². The fraction of sp³-hybridized carbons (Fsp3) is 0.333. The highest BCUT2D eigenvalue weighted by Crippen LogP contribution is 2.50. The fourth-order valence-corrected chi connectivity index (χ4v) is 7.40. The second kappa shape index (κ2) is 18.9. The molecule has 2 aliphatic rings. The van der Waals surface area contributed by atoms with Gasteiger partial charge < -0.3 is 17.2 Å². The van der Waals surface area contributed by atoms with Gasteiger partial charge in [-0.15, -0.1) is 0 Å². The predicted octanol–water partition coefficient (Wildman–Crippen LogP) is 6.48. The molecule has 58 heavy (non-hydrogen) atoms. The van der Waals surface area contributed by atoms with Gasteiger partial charge in [0.25, 0.3) is 0 Å². The third-order valence-electron chi connectivity index (χ3n) is 10.3. The monoisotopic (exact) mass is 843 g/mol. The number of benzene rings is 2. The molecule has 304 valence electrons. The van der Waals surface area contributed by atoms with Crippen molar-refractivity contribution in [1.29, 1.82) is 0 Å². The Morgan fingerprint density at radius 1 is 0.672 bits per heavy atom. The van der Waals surface area contributed by atoms with Crippen molar-refractivity contribution in [3.63, 3.8) is 0 Å². The van der Waals surface area contributed by atoms with E-state index in [0.29, 0.717) is 46.6 Å². The van der Waals surface area contributed by atoms with Gasteiger partial charge in [0, 0.05) is 32.7 Å². The number of nitrogens with zero attached hydrogens (tertiary/aromatic N) is 8. The maximum absolute atomic E-state index is 12.0. The zero-order chi connectivity index (χ0) is 40.7. The molecule has 2 aromatic carbocycles. The van der Waals surface area contributed by atoms with Crippen LogP contribution in [0.2, 0.25) is 15.3 Å². The van der Waals surface area contributed by atoms with E-state index in [1.807, 2.05) is 68.8 Å². The third-order valence-corrected chi connectivity index (χ3v) is 11.1. The number of amides is 2. The Morgan fingerprint density at radius 3 is 1.59 bits per heavy atom. The lowest BCUT2D eigenvalue weighted by molar-refractivity contribution is -0.121. The van der Waals surface area contributed by atoms with Gasteiger partial charge in [0.05, 0.1) is 50.6 Å². The van der Waals surface area contributed by atoms with Crippen LogP contribution in [-0.2, 0) is 66.6 Å². The SMILES string of the molecule is C.Cn1ccc(Cc2ncc(Cl)c(CCc3ccccc3C3(C(N)=O)CC3)n2)n1.Cn1ccc(N)n1.NC(=O)C1(c2ccccc2CCc2nc(Cl)ncc2Cl)CC1. The highest BCUT2D eigenvalue weighted by molar-refractivity contribution is 6.32. The molecule has 6 N–H and O–H groups in total. The molecule has 6 aromatic rings. The molecule has 4 heterocycles. The zero-order valence-corrected chi connectivity index (χ0v) is 34.0. The van der Waals surface area contributed by atoms with Crippen LogP contribution in [0, 0.1) is 0 Å². The highest BCUT2D eigenvalue weighted by atomic mass is 35.5. The van der Waals surface area contributed by atoms with Crippen LogP contribution in [0.1, 0.15) is 78.3 Å². The van der Waals surface area contributed by atoms with Gasteiger partial charge in [0.15, 0.2) is 0 Å². The molecule has 0 bridgehead atoms. The summed E-state index contributed by atoms with van der Waals surface area (Å²) < 4.78 is 3.42. The molecule has 16 heteroatoms. The van der Waals surface area contributed by atoms with Gasteiger partial charge in [0.2, 0.25) is 17.1 Å². The van der Waals surface area contributed by atoms with E-state index in [2.05, 4.69) is 36.2 Å². The van der Waals surface area contributed by atoms with Gasteiger partial charge in [-0.05, 0) is 97.4 Å². The Bertz CT molecular complexity index is 2350. The zero-order valence-electron chi connectivity index (χ0n) is 31.7.